The predicted molar refractivity (Wildman–Crippen MR) is 90.5 cm³/mol. The lowest BCUT2D eigenvalue weighted by atomic mass is 9.96. The molecule has 0 aromatic heterocycles. The molecular formula is C17H25N3O3. The summed E-state index contributed by atoms with van der Waals surface area (Å²) in [5.74, 6) is 0.107. The van der Waals surface area contributed by atoms with Crippen LogP contribution in [0.3, 0.4) is 0 Å². The molecule has 1 N–H and O–H groups in total. The molecule has 0 bridgehead atoms. The fraction of sp³-hybridized carbons (Fsp3) is 0.588. The first-order valence-electron chi connectivity index (χ1n) is 8.31. The number of nitrogens with one attached hydrogen (secondary N) is 1. The molecule has 1 aromatic carbocycles. The molecule has 126 valence electrons. The van der Waals surface area contributed by atoms with E-state index in [-0.39, 0.29) is 23.6 Å². The third-order valence-corrected chi connectivity index (χ3v) is 4.33. The number of piperidine rings is 1. The lowest BCUT2D eigenvalue weighted by molar-refractivity contribution is -0.384. The lowest BCUT2D eigenvalue weighted by Crippen LogP contribution is -2.45. The Kier molecular flexibility index (Phi) is 5.96. The van der Waals surface area contributed by atoms with Crippen LogP contribution in [0.4, 0.5) is 11.4 Å². The van der Waals surface area contributed by atoms with Gasteiger partial charge in [0.05, 0.1) is 10.8 Å². The van der Waals surface area contributed by atoms with E-state index >= 15 is 0 Å². The van der Waals surface area contributed by atoms with Gasteiger partial charge in [0, 0.05) is 37.0 Å². The summed E-state index contributed by atoms with van der Waals surface area (Å²) in [5.41, 5.74) is 1.03. The standard InChI is InChI=1S/C17H25N3O3/c1-3-5-13(2)18-17(21)14-6-4-11-19(12-14)15-7-9-16(10-8-15)20(22)23/h7-10,13-14H,3-6,11-12H2,1-2H3,(H,18,21). The third-order valence-electron chi connectivity index (χ3n) is 4.33. The van der Waals surface area contributed by atoms with Gasteiger partial charge in [0.25, 0.3) is 5.69 Å². The summed E-state index contributed by atoms with van der Waals surface area (Å²) in [6.45, 7) is 5.70. The molecule has 1 aromatic rings. The fourth-order valence-corrected chi connectivity index (χ4v) is 3.08. The molecule has 6 nitrogen and oxygen atoms in total. The van der Waals surface area contributed by atoms with E-state index < -0.39 is 4.92 Å². The highest BCUT2D eigenvalue weighted by molar-refractivity contribution is 5.79. The van der Waals surface area contributed by atoms with Gasteiger partial charge in [0.2, 0.25) is 5.91 Å². The normalized spacial score (nSPS) is 19.2. The molecule has 23 heavy (non-hydrogen) atoms. The van der Waals surface area contributed by atoms with Gasteiger partial charge in [-0.2, -0.15) is 0 Å². The highest BCUT2D eigenvalue weighted by atomic mass is 16.6. The van der Waals surface area contributed by atoms with Crippen molar-refractivity contribution in [3.8, 4) is 0 Å². The number of hydrogen-bond acceptors (Lipinski definition) is 4. The Hall–Kier alpha value is -2.11. The molecule has 0 spiro atoms. The van der Waals surface area contributed by atoms with Gasteiger partial charge in [-0.15, -0.1) is 0 Å². The maximum absolute atomic E-state index is 12.4. The second-order valence-corrected chi connectivity index (χ2v) is 6.26. The van der Waals surface area contributed by atoms with Gasteiger partial charge in [-0.1, -0.05) is 13.3 Å². The number of carbonyl (C=O) groups is 1. The van der Waals surface area contributed by atoms with Gasteiger partial charge in [-0.25, -0.2) is 0 Å². The first-order chi connectivity index (χ1) is 11.0. The second kappa shape index (κ2) is 7.94. The van der Waals surface area contributed by atoms with Crippen LogP contribution in [0.25, 0.3) is 0 Å². The van der Waals surface area contributed by atoms with Gasteiger partial charge in [0.15, 0.2) is 0 Å². The molecular weight excluding hydrogens is 294 g/mol. The number of anilines is 1. The Morgan fingerprint density at radius 1 is 1.43 bits per heavy atom. The van der Waals surface area contributed by atoms with E-state index in [1.165, 1.54) is 12.1 Å². The number of nitrogens with zero attached hydrogens (tertiary/aromatic N) is 2. The molecule has 2 unspecified atom stereocenters. The molecule has 2 atom stereocenters. The van der Waals surface area contributed by atoms with Gasteiger partial charge in [-0.05, 0) is 38.3 Å². The van der Waals surface area contributed by atoms with Gasteiger partial charge < -0.3 is 10.2 Å². The smallest absolute Gasteiger partial charge is 0.269 e. The Bertz CT molecular complexity index is 545. The number of carbonyl (C=O) groups excluding carboxylic acids is 1. The number of hydrogen-bond donors (Lipinski definition) is 1. The molecule has 1 fully saturated rings. The lowest BCUT2D eigenvalue weighted by Gasteiger charge is -2.34. The molecule has 0 saturated carbocycles. The van der Waals surface area contributed by atoms with Crippen molar-refractivity contribution >= 4 is 17.3 Å². The minimum absolute atomic E-state index is 0.0155. The number of benzene rings is 1. The first kappa shape index (κ1) is 17.2. The SMILES string of the molecule is CCCC(C)NC(=O)C1CCCN(c2ccc([N+](=O)[O-])cc2)C1. The van der Waals surface area contributed by atoms with E-state index in [1.807, 2.05) is 6.92 Å². The van der Waals surface area contributed by atoms with Gasteiger partial charge >= 0.3 is 0 Å². The Balaban J connectivity index is 1.97. The highest BCUT2D eigenvalue weighted by Crippen LogP contribution is 2.25. The Labute approximate surface area is 137 Å². The van der Waals surface area contributed by atoms with Crippen LogP contribution in [-0.4, -0.2) is 30.0 Å². The molecule has 1 heterocycles. The quantitative estimate of drug-likeness (QED) is 0.645. The summed E-state index contributed by atoms with van der Waals surface area (Å²) in [6, 6.07) is 6.77. The van der Waals surface area contributed by atoms with Crippen LogP contribution < -0.4 is 10.2 Å². The highest BCUT2D eigenvalue weighted by Gasteiger charge is 2.26. The number of nitro groups is 1. The summed E-state index contributed by atoms with van der Waals surface area (Å²) >= 11 is 0. The molecule has 6 heteroatoms. The van der Waals surface area contributed by atoms with Crippen LogP contribution in [-0.2, 0) is 4.79 Å². The van der Waals surface area contributed by atoms with E-state index in [1.54, 1.807) is 12.1 Å². The van der Waals surface area contributed by atoms with Crippen LogP contribution in [0.5, 0.6) is 0 Å². The predicted octanol–water partition coefficient (Wildman–Crippen LogP) is 3.12. The van der Waals surface area contributed by atoms with Crippen LogP contribution >= 0.6 is 0 Å². The average molecular weight is 319 g/mol. The zero-order valence-corrected chi connectivity index (χ0v) is 13.8. The second-order valence-electron chi connectivity index (χ2n) is 6.26. The van der Waals surface area contributed by atoms with Crippen molar-refractivity contribution in [1.29, 1.82) is 0 Å². The first-order valence-corrected chi connectivity index (χ1v) is 8.31. The number of amides is 1. The monoisotopic (exact) mass is 319 g/mol. The van der Waals surface area contributed by atoms with E-state index in [4.69, 9.17) is 0 Å². The van der Waals surface area contributed by atoms with Crippen molar-refractivity contribution in [2.45, 2.75) is 45.6 Å². The van der Waals surface area contributed by atoms with Crippen molar-refractivity contribution in [3.63, 3.8) is 0 Å². The summed E-state index contributed by atoms with van der Waals surface area (Å²) in [7, 11) is 0. The van der Waals surface area contributed by atoms with Crippen molar-refractivity contribution in [1.82, 2.24) is 5.32 Å². The molecule has 1 saturated heterocycles. The van der Waals surface area contributed by atoms with E-state index in [0.717, 1.165) is 37.9 Å². The molecule has 0 aliphatic carbocycles. The molecule has 1 amide bonds. The minimum Gasteiger partial charge on any atom is -0.371 e. The summed E-state index contributed by atoms with van der Waals surface area (Å²) < 4.78 is 0. The zero-order valence-electron chi connectivity index (χ0n) is 13.8. The summed E-state index contributed by atoms with van der Waals surface area (Å²) in [6.07, 6.45) is 3.90. The van der Waals surface area contributed by atoms with Crippen LogP contribution in [0.1, 0.15) is 39.5 Å². The number of rotatable bonds is 6. The largest absolute Gasteiger partial charge is 0.371 e. The molecule has 0 radical (unpaired) electrons. The Morgan fingerprint density at radius 2 is 2.13 bits per heavy atom. The van der Waals surface area contributed by atoms with Gasteiger partial charge in [0.1, 0.15) is 0 Å². The van der Waals surface area contributed by atoms with E-state index in [2.05, 4.69) is 17.1 Å². The van der Waals surface area contributed by atoms with E-state index in [0.29, 0.717) is 6.54 Å². The van der Waals surface area contributed by atoms with Crippen molar-refractivity contribution in [2.24, 2.45) is 5.92 Å². The van der Waals surface area contributed by atoms with Crippen molar-refractivity contribution in [2.75, 3.05) is 18.0 Å². The Morgan fingerprint density at radius 3 is 2.74 bits per heavy atom. The third kappa shape index (κ3) is 4.68. The van der Waals surface area contributed by atoms with Gasteiger partial charge in [-0.3, -0.25) is 14.9 Å². The van der Waals surface area contributed by atoms with Crippen LogP contribution in [0.2, 0.25) is 0 Å². The van der Waals surface area contributed by atoms with Crippen LogP contribution in [0, 0.1) is 16.0 Å². The number of nitro benzene ring substituents is 1. The van der Waals surface area contributed by atoms with Crippen LogP contribution in [0.15, 0.2) is 24.3 Å². The molecule has 2 rings (SSSR count). The van der Waals surface area contributed by atoms with Crippen molar-refractivity contribution in [3.05, 3.63) is 34.4 Å². The zero-order chi connectivity index (χ0) is 16.8. The minimum atomic E-state index is -0.397. The molecule has 1 aliphatic heterocycles. The summed E-state index contributed by atoms with van der Waals surface area (Å²) in [4.78, 5) is 24.8. The maximum Gasteiger partial charge on any atom is 0.269 e. The fourth-order valence-electron chi connectivity index (χ4n) is 3.08. The summed E-state index contributed by atoms with van der Waals surface area (Å²) in [5, 5.41) is 13.8. The van der Waals surface area contributed by atoms with E-state index in [9.17, 15) is 14.9 Å². The average Bonchev–Trinajstić information content (AvgIpc) is 2.55. The molecule has 1 aliphatic rings. The van der Waals surface area contributed by atoms with Crippen molar-refractivity contribution < 1.29 is 9.72 Å². The topological polar surface area (TPSA) is 75.5 Å². The maximum atomic E-state index is 12.4. The number of non-ortho nitro benzene ring substituents is 1.